The normalized spacial score (nSPS) is 19.9. The van der Waals surface area contributed by atoms with Gasteiger partial charge in [-0.2, -0.15) is 0 Å². The van der Waals surface area contributed by atoms with Gasteiger partial charge in [-0.05, 0) is 38.9 Å². The van der Waals surface area contributed by atoms with Crippen molar-refractivity contribution in [2.24, 2.45) is 0 Å². The van der Waals surface area contributed by atoms with Gasteiger partial charge in [0.15, 0.2) is 0 Å². The van der Waals surface area contributed by atoms with Crippen LogP contribution in [0, 0.1) is 5.82 Å². The third-order valence-corrected chi connectivity index (χ3v) is 3.63. The van der Waals surface area contributed by atoms with Gasteiger partial charge in [0.05, 0.1) is 0 Å². The van der Waals surface area contributed by atoms with Gasteiger partial charge in [-0.3, -0.25) is 4.90 Å². The molecule has 1 saturated heterocycles. The maximum absolute atomic E-state index is 12.9. The van der Waals surface area contributed by atoms with Crippen molar-refractivity contribution >= 4 is 0 Å². The molecule has 1 N–H and O–H groups in total. The molecular weight excluding hydrogens is 217 g/mol. The van der Waals surface area contributed by atoms with E-state index in [1.165, 1.54) is 37.8 Å². The lowest BCUT2D eigenvalue weighted by Gasteiger charge is -2.28. The van der Waals surface area contributed by atoms with Crippen LogP contribution in [0.3, 0.4) is 0 Å². The Bertz CT molecular complexity index is 372. The topological polar surface area (TPSA) is 23.5 Å². The average molecular weight is 237 g/mol. The molecule has 0 aliphatic carbocycles. The van der Waals surface area contributed by atoms with Crippen LogP contribution in [0.15, 0.2) is 18.2 Å². The molecule has 1 unspecified atom stereocenters. The molecule has 0 spiro atoms. The van der Waals surface area contributed by atoms with E-state index in [4.69, 9.17) is 0 Å². The van der Waals surface area contributed by atoms with Crippen molar-refractivity contribution < 1.29 is 9.50 Å². The van der Waals surface area contributed by atoms with Gasteiger partial charge in [0.2, 0.25) is 0 Å². The summed E-state index contributed by atoms with van der Waals surface area (Å²) in [5.41, 5.74) is 0.827. The number of nitrogens with zero attached hydrogens (tertiary/aromatic N) is 1. The monoisotopic (exact) mass is 237 g/mol. The molecule has 1 aliphatic heterocycles. The highest BCUT2D eigenvalue weighted by molar-refractivity contribution is 5.34. The van der Waals surface area contributed by atoms with Gasteiger partial charge in [-0.1, -0.05) is 18.9 Å². The lowest BCUT2D eigenvalue weighted by atomic mass is 10.1. The van der Waals surface area contributed by atoms with Crippen LogP contribution >= 0.6 is 0 Å². The molecule has 1 aliphatic rings. The number of aromatic hydroxyl groups is 1. The molecule has 0 aromatic heterocycles. The van der Waals surface area contributed by atoms with Crippen LogP contribution in [-0.4, -0.2) is 23.1 Å². The Kier molecular flexibility index (Phi) is 4.00. The molecule has 1 atom stereocenters. The number of phenols is 1. The van der Waals surface area contributed by atoms with Crippen molar-refractivity contribution in [1.29, 1.82) is 0 Å². The lowest BCUT2D eigenvalue weighted by Crippen LogP contribution is -2.28. The lowest BCUT2D eigenvalue weighted by molar-refractivity contribution is 0.215. The highest BCUT2D eigenvalue weighted by atomic mass is 19.1. The SMILES string of the molecule is CC(c1ccc(F)cc1O)N1CCCCCC1. The molecule has 0 amide bonds. The van der Waals surface area contributed by atoms with Crippen molar-refractivity contribution in [2.45, 2.75) is 38.6 Å². The van der Waals surface area contributed by atoms with E-state index in [2.05, 4.69) is 11.8 Å². The van der Waals surface area contributed by atoms with E-state index in [0.717, 1.165) is 18.7 Å². The van der Waals surface area contributed by atoms with Crippen LogP contribution in [-0.2, 0) is 0 Å². The Morgan fingerprint density at radius 3 is 2.41 bits per heavy atom. The van der Waals surface area contributed by atoms with Gasteiger partial charge >= 0.3 is 0 Å². The zero-order chi connectivity index (χ0) is 12.3. The summed E-state index contributed by atoms with van der Waals surface area (Å²) in [5, 5.41) is 9.80. The van der Waals surface area contributed by atoms with Crippen LogP contribution in [0.5, 0.6) is 5.75 Å². The largest absolute Gasteiger partial charge is 0.508 e. The first kappa shape index (κ1) is 12.4. The molecule has 1 aromatic carbocycles. The number of halogens is 1. The Hall–Kier alpha value is -1.09. The summed E-state index contributed by atoms with van der Waals surface area (Å²) >= 11 is 0. The first-order valence-electron chi connectivity index (χ1n) is 6.41. The number of benzene rings is 1. The summed E-state index contributed by atoms with van der Waals surface area (Å²) in [4.78, 5) is 2.37. The molecule has 2 rings (SSSR count). The molecular formula is C14H20FNO. The minimum absolute atomic E-state index is 0.0711. The van der Waals surface area contributed by atoms with Crippen molar-refractivity contribution in [1.82, 2.24) is 4.90 Å². The van der Waals surface area contributed by atoms with E-state index in [9.17, 15) is 9.50 Å². The number of hydrogen-bond acceptors (Lipinski definition) is 2. The Morgan fingerprint density at radius 1 is 1.18 bits per heavy atom. The molecule has 0 radical (unpaired) electrons. The first-order valence-corrected chi connectivity index (χ1v) is 6.41. The standard InChI is InChI=1S/C14H20FNO/c1-11(16-8-4-2-3-5-9-16)13-7-6-12(15)10-14(13)17/h6-7,10-11,17H,2-5,8-9H2,1H3. The molecule has 1 aromatic rings. The van der Waals surface area contributed by atoms with E-state index < -0.39 is 0 Å². The Balaban J connectivity index is 2.14. The number of hydrogen-bond donors (Lipinski definition) is 1. The van der Waals surface area contributed by atoms with Crippen LogP contribution in [0.25, 0.3) is 0 Å². The highest BCUT2D eigenvalue weighted by Gasteiger charge is 2.19. The van der Waals surface area contributed by atoms with E-state index in [-0.39, 0.29) is 17.6 Å². The van der Waals surface area contributed by atoms with Crippen molar-refractivity contribution in [3.63, 3.8) is 0 Å². The molecule has 0 saturated carbocycles. The predicted molar refractivity (Wildman–Crippen MR) is 66.5 cm³/mol. The van der Waals surface area contributed by atoms with Crippen LogP contribution in [0.1, 0.15) is 44.2 Å². The van der Waals surface area contributed by atoms with E-state index in [1.807, 2.05) is 0 Å². The molecule has 3 heteroatoms. The first-order chi connectivity index (χ1) is 8.18. The van der Waals surface area contributed by atoms with Gasteiger partial charge in [-0.15, -0.1) is 0 Å². The van der Waals surface area contributed by atoms with Crippen molar-refractivity contribution in [2.75, 3.05) is 13.1 Å². The third kappa shape index (κ3) is 2.97. The summed E-state index contributed by atoms with van der Waals surface area (Å²) in [6.07, 6.45) is 5.01. The highest BCUT2D eigenvalue weighted by Crippen LogP contribution is 2.30. The maximum Gasteiger partial charge on any atom is 0.126 e. The van der Waals surface area contributed by atoms with Crippen molar-refractivity contribution in [3.8, 4) is 5.75 Å². The number of rotatable bonds is 2. The third-order valence-electron chi connectivity index (χ3n) is 3.63. The minimum Gasteiger partial charge on any atom is -0.508 e. The zero-order valence-electron chi connectivity index (χ0n) is 10.3. The van der Waals surface area contributed by atoms with Gasteiger partial charge < -0.3 is 5.11 Å². The fraction of sp³-hybridized carbons (Fsp3) is 0.571. The molecule has 1 heterocycles. The van der Waals surface area contributed by atoms with Gasteiger partial charge in [0.25, 0.3) is 0 Å². The molecule has 94 valence electrons. The van der Waals surface area contributed by atoms with E-state index in [1.54, 1.807) is 6.07 Å². The van der Waals surface area contributed by atoms with E-state index in [0.29, 0.717) is 0 Å². The quantitative estimate of drug-likeness (QED) is 0.851. The summed E-state index contributed by atoms with van der Waals surface area (Å²) in [5.74, 6) is -0.309. The van der Waals surface area contributed by atoms with Crippen LogP contribution in [0.4, 0.5) is 4.39 Å². The number of phenolic OH excluding ortho intramolecular Hbond substituents is 1. The zero-order valence-corrected chi connectivity index (χ0v) is 10.3. The molecule has 17 heavy (non-hydrogen) atoms. The second kappa shape index (κ2) is 5.50. The van der Waals surface area contributed by atoms with Gasteiger partial charge in [0, 0.05) is 17.7 Å². The van der Waals surface area contributed by atoms with Gasteiger partial charge in [-0.25, -0.2) is 4.39 Å². The Labute approximate surface area is 102 Å². The average Bonchev–Trinajstić information content (AvgIpc) is 2.56. The van der Waals surface area contributed by atoms with Gasteiger partial charge in [0.1, 0.15) is 11.6 Å². The van der Waals surface area contributed by atoms with E-state index >= 15 is 0 Å². The predicted octanol–water partition coefficient (Wildman–Crippen LogP) is 3.47. The fourth-order valence-electron chi connectivity index (χ4n) is 2.55. The second-order valence-corrected chi connectivity index (χ2v) is 4.83. The molecule has 2 nitrogen and oxygen atoms in total. The second-order valence-electron chi connectivity index (χ2n) is 4.83. The number of likely N-dealkylation sites (tertiary alicyclic amines) is 1. The summed E-state index contributed by atoms with van der Waals surface area (Å²) in [6, 6.07) is 4.47. The Morgan fingerprint density at radius 2 is 1.82 bits per heavy atom. The maximum atomic E-state index is 12.9. The molecule has 1 fully saturated rings. The van der Waals surface area contributed by atoms with Crippen LogP contribution < -0.4 is 0 Å². The summed E-state index contributed by atoms with van der Waals surface area (Å²) < 4.78 is 12.9. The summed E-state index contributed by atoms with van der Waals surface area (Å²) in [7, 11) is 0. The van der Waals surface area contributed by atoms with Crippen molar-refractivity contribution in [3.05, 3.63) is 29.6 Å². The smallest absolute Gasteiger partial charge is 0.126 e. The summed E-state index contributed by atoms with van der Waals surface area (Å²) in [6.45, 7) is 4.22. The van der Waals surface area contributed by atoms with Crippen LogP contribution in [0.2, 0.25) is 0 Å². The fourth-order valence-corrected chi connectivity index (χ4v) is 2.55. The molecule has 0 bridgehead atoms. The minimum atomic E-state index is -0.380.